The zero-order valence-electron chi connectivity index (χ0n) is 18.9. The average molecular weight is 502 g/mol. The van der Waals surface area contributed by atoms with E-state index >= 15 is 0 Å². The number of carbonyl (C=O) groups excluding carboxylic acids is 4. The molecular formula is C27H20ClN3O5. The second-order valence-electron chi connectivity index (χ2n) is 8.25. The van der Waals surface area contributed by atoms with Crippen LogP contribution < -0.4 is 10.1 Å². The monoisotopic (exact) mass is 501 g/mol. The molecule has 3 amide bonds. The summed E-state index contributed by atoms with van der Waals surface area (Å²) in [4.78, 5) is 56.1. The van der Waals surface area contributed by atoms with Crippen LogP contribution in [0.3, 0.4) is 0 Å². The smallest absolute Gasteiger partial charge is 0.330 e. The SMILES string of the molecule is O=C(CNC(=O)[C@H](Cc1c[nH]c2ccccc12)N1C(=O)c2ccccc2C1=O)Oc1ccc(Cl)cc1. The van der Waals surface area contributed by atoms with Crippen molar-refractivity contribution in [1.29, 1.82) is 0 Å². The van der Waals surface area contributed by atoms with Crippen LogP contribution in [0.2, 0.25) is 5.02 Å². The van der Waals surface area contributed by atoms with Gasteiger partial charge >= 0.3 is 5.97 Å². The number of ether oxygens (including phenoxy) is 1. The lowest BCUT2D eigenvalue weighted by molar-refractivity contribution is -0.136. The summed E-state index contributed by atoms with van der Waals surface area (Å²) in [5, 5.41) is 3.88. The fourth-order valence-electron chi connectivity index (χ4n) is 4.25. The Kier molecular flexibility index (Phi) is 6.26. The predicted octanol–water partition coefficient (Wildman–Crippen LogP) is 3.75. The Balaban J connectivity index is 1.38. The van der Waals surface area contributed by atoms with Crippen molar-refractivity contribution in [3.8, 4) is 5.75 Å². The van der Waals surface area contributed by atoms with Crippen molar-refractivity contribution >= 4 is 46.2 Å². The van der Waals surface area contributed by atoms with Crippen LogP contribution in [-0.4, -0.2) is 46.2 Å². The third-order valence-corrected chi connectivity index (χ3v) is 6.23. The van der Waals surface area contributed by atoms with Crippen molar-refractivity contribution in [2.75, 3.05) is 6.54 Å². The van der Waals surface area contributed by atoms with Gasteiger partial charge in [0.1, 0.15) is 18.3 Å². The van der Waals surface area contributed by atoms with Gasteiger partial charge in [-0.25, -0.2) is 4.79 Å². The molecule has 1 aliphatic heterocycles. The average Bonchev–Trinajstić information content (AvgIpc) is 3.41. The molecular weight excluding hydrogens is 482 g/mol. The molecule has 0 fully saturated rings. The zero-order valence-corrected chi connectivity index (χ0v) is 19.6. The van der Waals surface area contributed by atoms with Crippen LogP contribution >= 0.6 is 11.6 Å². The van der Waals surface area contributed by atoms with Gasteiger partial charge in [0.15, 0.2) is 0 Å². The molecule has 1 aromatic heterocycles. The van der Waals surface area contributed by atoms with Gasteiger partial charge in [-0.05, 0) is 48.0 Å². The van der Waals surface area contributed by atoms with Crippen molar-refractivity contribution < 1.29 is 23.9 Å². The highest BCUT2D eigenvalue weighted by molar-refractivity contribution is 6.30. The minimum absolute atomic E-state index is 0.0630. The predicted molar refractivity (Wildman–Crippen MR) is 133 cm³/mol. The number of H-pyrrole nitrogens is 1. The molecule has 2 heterocycles. The van der Waals surface area contributed by atoms with Gasteiger partial charge in [-0.1, -0.05) is 41.9 Å². The summed E-state index contributed by atoms with van der Waals surface area (Å²) in [5.41, 5.74) is 2.09. The number of rotatable bonds is 7. The van der Waals surface area contributed by atoms with E-state index in [0.29, 0.717) is 5.02 Å². The minimum atomic E-state index is -1.18. The Labute approximate surface area is 210 Å². The van der Waals surface area contributed by atoms with E-state index in [9.17, 15) is 19.2 Å². The first kappa shape index (κ1) is 23.3. The quantitative estimate of drug-likeness (QED) is 0.228. The summed E-state index contributed by atoms with van der Waals surface area (Å²) < 4.78 is 5.22. The molecule has 36 heavy (non-hydrogen) atoms. The highest BCUT2D eigenvalue weighted by Crippen LogP contribution is 2.28. The summed E-state index contributed by atoms with van der Waals surface area (Å²) in [6, 6.07) is 19.0. The largest absolute Gasteiger partial charge is 0.425 e. The maximum atomic E-state index is 13.3. The van der Waals surface area contributed by atoms with E-state index in [1.165, 1.54) is 12.1 Å². The summed E-state index contributed by atoms with van der Waals surface area (Å²) in [7, 11) is 0. The van der Waals surface area contributed by atoms with Gasteiger partial charge in [-0.3, -0.25) is 19.3 Å². The second kappa shape index (κ2) is 9.67. The number of aromatic nitrogens is 1. The number of esters is 1. The lowest BCUT2D eigenvalue weighted by Gasteiger charge is -2.25. The Bertz CT molecular complexity index is 1460. The Morgan fingerprint density at radius 2 is 1.56 bits per heavy atom. The third-order valence-electron chi connectivity index (χ3n) is 5.98. The summed E-state index contributed by atoms with van der Waals surface area (Å²) in [5.74, 6) is -2.20. The maximum Gasteiger partial charge on any atom is 0.330 e. The van der Waals surface area contributed by atoms with E-state index in [1.54, 1.807) is 42.6 Å². The van der Waals surface area contributed by atoms with Gasteiger partial charge in [0.25, 0.3) is 11.8 Å². The van der Waals surface area contributed by atoms with Crippen molar-refractivity contribution in [2.45, 2.75) is 12.5 Å². The van der Waals surface area contributed by atoms with Crippen LogP contribution in [0, 0.1) is 0 Å². The number of carbonyl (C=O) groups is 4. The number of fused-ring (bicyclic) bond motifs is 2. The number of nitrogens with one attached hydrogen (secondary N) is 2. The normalized spacial score (nSPS) is 13.5. The lowest BCUT2D eigenvalue weighted by atomic mass is 10.0. The Hall–Kier alpha value is -4.43. The molecule has 0 aliphatic carbocycles. The molecule has 0 saturated carbocycles. The van der Waals surface area contributed by atoms with Gasteiger partial charge in [0, 0.05) is 28.5 Å². The van der Waals surface area contributed by atoms with Gasteiger partial charge in [0.2, 0.25) is 5.91 Å². The molecule has 0 bridgehead atoms. The van der Waals surface area contributed by atoms with Crippen molar-refractivity contribution in [3.05, 3.63) is 101 Å². The highest BCUT2D eigenvalue weighted by Gasteiger charge is 2.43. The van der Waals surface area contributed by atoms with E-state index in [4.69, 9.17) is 16.3 Å². The lowest BCUT2D eigenvalue weighted by Crippen LogP contribution is -2.51. The Morgan fingerprint density at radius 1 is 0.917 bits per heavy atom. The summed E-state index contributed by atoms with van der Waals surface area (Å²) >= 11 is 5.84. The first-order valence-electron chi connectivity index (χ1n) is 11.2. The van der Waals surface area contributed by atoms with Crippen LogP contribution in [0.5, 0.6) is 5.75 Å². The maximum absolute atomic E-state index is 13.3. The molecule has 1 aliphatic rings. The molecule has 180 valence electrons. The molecule has 1 atom stereocenters. The summed E-state index contributed by atoms with van der Waals surface area (Å²) in [6.07, 6.45) is 1.81. The zero-order chi connectivity index (χ0) is 25.2. The van der Waals surface area contributed by atoms with Crippen molar-refractivity contribution in [2.24, 2.45) is 0 Å². The van der Waals surface area contributed by atoms with E-state index < -0.39 is 36.3 Å². The molecule has 4 aromatic rings. The van der Waals surface area contributed by atoms with Gasteiger partial charge in [-0.15, -0.1) is 0 Å². The number of imide groups is 1. The van der Waals surface area contributed by atoms with Crippen LogP contribution in [0.15, 0.2) is 79.0 Å². The number of amides is 3. The van der Waals surface area contributed by atoms with Crippen molar-refractivity contribution in [3.63, 3.8) is 0 Å². The number of hydrogen-bond donors (Lipinski definition) is 2. The molecule has 0 saturated heterocycles. The van der Waals surface area contributed by atoms with Crippen molar-refractivity contribution in [1.82, 2.24) is 15.2 Å². The van der Waals surface area contributed by atoms with E-state index in [1.807, 2.05) is 24.3 Å². The number of aromatic amines is 1. The number of hydrogen-bond acceptors (Lipinski definition) is 5. The van der Waals surface area contributed by atoms with Crippen LogP contribution in [-0.2, 0) is 16.0 Å². The van der Waals surface area contributed by atoms with E-state index in [-0.39, 0.29) is 23.3 Å². The molecule has 3 aromatic carbocycles. The van der Waals surface area contributed by atoms with E-state index in [2.05, 4.69) is 10.3 Å². The molecule has 9 heteroatoms. The van der Waals surface area contributed by atoms with Gasteiger partial charge in [0.05, 0.1) is 11.1 Å². The molecule has 8 nitrogen and oxygen atoms in total. The first-order valence-corrected chi connectivity index (χ1v) is 11.6. The van der Waals surface area contributed by atoms with Crippen LogP contribution in [0.25, 0.3) is 10.9 Å². The Morgan fingerprint density at radius 3 is 2.25 bits per heavy atom. The molecule has 0 unspecified atom stereocenters. The van der Waals surface area contributed by atoms with Gasteiger partial charge < -0.3 is 15.0 Å². The molecule has 2 N–H and O–H groups in total. The summed E-state index contributed by atoms with van der Waals surface area (Å²) in [6.45, 7) is -0.449. The number of para-hydroxylation sites is 1. The van der Waals surface area contributed by atoms with E-state index in [0.717, 1.165) is 21.4 Å². The number of halogens is 1. The number of nitrogens with zero attached hydrogens (tertiary/aromatic N) is 1. The standard InChI is InChI=1S/C27H20ClN3O5/c28-17-9-11-18(12-10-17)36-24(32)15-30-25(33)23(13-16-14-29-22-8-4-3-5-19(16)22)31-26(34)20-6-1-2-7-21(20)27(31)35/h1-12,14,23,29H,13,15H2,(H,30,33)/t23-/m0/s1. The first-order chi connectivity index (χ1) is 17.4. The fourth-order valence-corrected chi connectivity index (χ4v) is 4.37. The minimum Gasteiger partial charge on any atom is -0.425 e. The van der Waals surface area contributed by atoms with Gasteiger partial charge in [-0.2, -0.15) is 0 Å². The highest BCUT2D eigenvalue weighted by atomic mass is 35.5. The molecule has 0 spiro atoms. The third kappa shape index (κ3) is 4.46. The van der Waals surface area contributed by atoms with Crippen LogP contribution in [0.4, 0.5) is 0 Å². The number of benzene rings is 3. The molecule has 0 radical (unpaired) electrons. The second-order valence-corrected chi connectivity index (χ2v) is 8.69. The fraction of sp³-hybridized carbons (Fsp3) is 0.111. The topological polar surface area (TPSA) is 109 Å². The molecule has 5 rings (SSSR count). The van der Waals surface area contributed by atoms with Crippen LogP contribution in [0.1, 0.15) is 26.3 Å².